The van der Waals surface area contributed by atoms with Crippen LogP contribution >= 0.6 is 0 Å². The lowest BCUT2D eigenvalue weighted by Gasteiger charge is -2.30. The number of hydrogen-bond acceptors (Lipinski definition) is 3. The molecule has 0 heterocycles. The molecule has 1 aliphatic rings. The number of nitrogens with zero attached hydrogens (tertiary/aromatic N) is 1. The molecule has 0 spiro atoms. The molecule has 1 aromatic carbocycles. The maximum absolute atomic E-state index is 12.8. The van der Waals surface area contributed by atoms with Crippen LogP contribution < -0.4 is 0 Å². The summed E-state index contributed by atoms with van der Waals surface area (Å²) in [7, 11) is 1.39. The largest absolute Gasteiger partial charge is 0.465 e. The summed E-state index contributed by atoms with van der Waals surface area (Å²) in [5.74, 6) is 0.745. The van der Waals surface area contributed by atoms with E-state index >= 15 is 0 Å². The second kappa shape index (κ2) is 7.82. The molecule has 1 amide bonds. The summed E-state index contributed by atoms with van der Waals surface area (Å²) in [6.45, 7) is 9.16. The second-order valence-electron chi connectivity index (χ2n) is 7.06. The molecule has 0 aromatic heterocycles. The van der Waals surface area contributed by atoms with E-state index in [1.807, 2.05) is 30.0 Å². The van der Waals surface area contributed by atoms with E-state index < -0.39 is 0 Å². The van der Waals surface area contributed by atoms with Crippen LogP contribution in [0.1, 0.15) is 68.1 Å². The van der Waals surface area contributed by atoms with Crippen molar-refractivity contribution in [1.82, 2.24) is 4.90 Å². The van der Waals surface area contributed by atoms with Gasteiger partial charge in [-0.2, -0.15) is 0 Å². The van der Waals surface area contributed by atoms with Gasteiger partial charge in [0.2, 0.25) is 5.91 Å². The first-order valence-electron chi connectivity index (χ1n) is 8.89. The van der Waals surface area contributed by atoms with E-state index in [-0.39, 0.29) is 17.9 Å². The summed E-state index contributed by atoms with van der Waals surface area (Å²) >= 11 is 0. The molecule has 1 aromatic rings. The van der Waals surface area contributed by atoms with Crippen molar-refractivity contribution < 1.29 is 14.3 Å². The maximum atomic E-state index is 12.8. The highest BCUT2D eigenvalue weighted by molar-refractivity contribution is 5.89. The van der Waals surface area contributed by atoms with Gasteiger partial charge >= 0.3 is 5.97 Å². The summed E-state index contributed by atoms with van der Waals surface area (Å²) in [4.78, 5) is 26.6. The van der Waals surface area contributed by atoms with Gasteiger partial charge in [-0.15, -0.1) is 0 Å². The van der Waals surface area contributed by atoms with Gasteiger partial charge in [-0.05, 0) is 54.9 Å². The first-order valence-corrected chi connectivity index (χ1v) is 8.89. The molecule has 0 saturated carbocycles. The molecule has 0 fully saturated rings. The van der Waals surface area contributed by atoms with Crippen LogP contribution in [0.25, 0.3) is 0 Å². The highest BCUT2D eigenvalue weighted by Gasteiger charge is 2.31. The van der Waals surface area contributed by atoms with E-state index in [1.165, 1.54) is 12.7 Å². The third-order valence-electron chi connectivity index (χ3n) is 5.29. The van der Waals surface area contributed by atoms with Gasteiger partial charge in [0, 0.05) is 13.0 Å². The van der Waals surface area contributed by atoms with Crippen molar-refractivity contribution in [3.63, 3.8) is 0 Å². The van der Waals surface area contributed by atoms with Crippen molar-refractivity contribution in [3.8, 4) is 0 Å². The van der Waals surface area contributed by atoms with Crippen molar-refractivity contribution in [1.29, 1.82) is 0 Å². The van der Waals surface area contributed by atoms with Crippen LogP contribution in [-0.2, 0) is 16.0 Å². The molecule has 0 radical (unpaired) electrons. The number of carbonyl (C=O) groups is 2. The Labute approximate surface area is 145 Å². The highest BCUT2D eigenvalue weighted by atomic mass is 16.5. The predicted molar refractivity (Wildman–Crippen MR) is 94.8 cm³/mol. The number of benzene rings is 1. The molecular weight excluding hydrogens is 302 g/mol. The minimum atomic E-state index is -0.328. The number of ether oxygens (including phenoxy) is 1. The number of amides is 1. The third-order valence-corrected chi connectivity index (χ3v) is 5.29. The Kier molecular flexibility index (Phi) is 6.03. The lowest BCUT2D eigenvalue weighted by molar-refractivity contribution is -0.134. The zero-order valence-corrected chi connectivity index (χ0v) is 15.5. The number of carbonyl (C=O) groups excluding carboxylic acids is 2. The molecule has 0 N–H and O–H groups in total. The molecule has 1 aliphatic carbocycles. The smallest absolute Gasteiger partial charge is 0.337 e. The van der Waals surface area contributed by atoms with Crippen molar-refractivity contribution in [2.45, 2.75) is 53.0 Å². The Morgan fingerprint density at radius 3 is 2.58 bits per heavy atom. The molecule has 4 heteroatoms. The van der Waals surface area contributed by atoms with Gasteiger partial charge in [-0.3, -0.25) is 4.79 Å². The van der Waals surface area contributed by atoms with Crippen molar-refractivity contribution in [3.05, 3.63) is 34.9 Å². The zero-order valence-electron chi connectivity index (χ0n) is 15.5. The number of hydrogen-bond donors (Lipinski definition) is 0. The SMILES string of the molecule is CCN(C(=O)CC(C)C(C)C)C1CCc2ccc(C(=O)OC)cc21. The molecule has 0 saturated heterocycles. The summed E-state index contributed by atoms with van der Waals surface area (Å²) in [6, 6.07) is 5.78. The molecule has 2 atom stereocenters. The Balaban J connectivity index is 2.23. The monoisotopic (exact) mass is 331 g/mol. The van der Waals surface area contributed by atoms with E-state index in [9.17, 15) is 9.59 Å². The Bertz CT molecular complexity index is 609. The quantitative estimate of drug-likeness (QED) is 0.741. The molecule has 4 nitrogen and oxygen atoms in total. The van der Waals surface area contributed by atoms with Gasteiger partial charge in [-0.25, -0.2) is 4.79 Å². The first-order chi connectivity index (χ1) is 11.4. The van der Waals surface area contributed by atoms with Crippen LogP contribution in [0.4, 0.5) is 0 Å². The van der Waals surface area contributed by atoms with E-state index in [4.69, 9.17) is 4.74 Å². The lowest BCUT2D eigenvalue weighted by atomic mass is 9.93. The summed E-state index contributed by atoms with van der Waals surface area (Å²) in [5.41, 5.74) is 2.89. The number of fused-ring (bicyclic) bond motifs is 1. The zero-order chi connectivity index (χ0) is 17.9. The van der Waals surface area contributed by atoms with E-state index in [2.05, 4.69) is 20.8 Å². The minimum Gasteiger partial charge on any atom is -0.465 e. The van der Waals surface area contributed by atoms with Gasteiger partial charge in [-0.1, -0.05) is 26.8 Å². The number of aryl methyl sites for hydroxylation is 1. The fourth-order valence-corrected chi connectivity index (χ4v) is 3.35. The molecule has 2 unspecified atom stereocenters. The molecule has 132 valence electrons. The van der Waals surface area contributed by atoms with Gasteiger partial charge in [0.1, 0.15) is 0 Å². The van der Waals surface area contributed by atoms with Crippen LogP contribution in [0.3, 0.4) is 0 Å². The standard InChI is InChI=1S/C20H29NO3/c1-6-21(19(22)11-14(4)13(2)3)18-10-9-15-7-8-16(12-17(15)18)20(23)24-5/h7-8,12-14,18H,6,9-11H2,1-5H3. The molecule has 0 bridgehead atoms. The Hall–Kier alpha value is -1.84. The van der Waals surface area contributed by atoms with Gasteiger partial charge in [0.05, 0.1) is 18.7 Å². The topological polar surface area (TPSA) is 46.6 Å². The van der Waals surface area contributed by atoms with Crippen LogP contribution in [0, 0.1) is 11.8 Å². The van der Waals surface area contributed by atoms with Crippen LogP contribution in [0.15, 0.2) is 18.2 Å². The fraction of sp³-hybridized carbons (Fsp3) is 0.600. The van der Waals surface area contributed by atoms with Crippen LogP contribution in [0.2, 0.25) is 0 Å². The average molecular weight is 331 g/mol. The molecule has 24 heavy (non-hydrogen) atoms. The number of esters is 1. The van der Waals surface area contributed by atoms with Gasteiger partial charge < -0.3 is 9.64 Å². The molecule has 2 rings (SSSR count). The second-order valence-corrected chi connectivity index (χ2v) is 7.06. The van der Waals surface area contributed by atoms with Crippen molar-refractivity contribution >= 4 is 11.9 Å². The minimum absolute atomic E-state index is 0.0708. The van der Waals surface area contributed by atoms with E-state index in [0.29, 0.717) is 30.4 Å². The van der Waals surface area contributed by atoms with Crippen molar-refractivity contribution in [2.24, 2.45) is 11.8 Å². The Morgan fingerprint density at radius 1 is 1.29 bits per heavy atom. The number of rotatable bonds is 6. The fourth-order valence-electron chi connectivity index (χ4n) is 3.35. The van der Waals surface area contributed by atoms with Crippen molar-refractivity contribution in [2.75, 3.05) is 13.7 Å². The summed E-state index contributed by atoms with van der Waals surface area (Å²) in [5, 5.41) is 0. The maximum Gasteiger partial charge on any atom is 0.337 e. The Morgan fingerprint density at radius 2 is 2.00 bits per heavy atom. The lowest BCUT2D eigenvalue weighted by Crippen LogP contribution is -2.35. The van der Waals surface area contributed by atoms with Crippen LogP contribution in [-0.4, -0.2) is 30.4 Å². The predicted octanol–water partition coefficient (Wildman–Crippen LogP) is 3.99. The summed E-state index contributed by atoms with van der Waals surface area (Å²) in [6.07, 6.45) is 2.45. The third kappa shape index (κ3) is 3.80. The molecular formula is C20H29NO3. The number of methoxy groups -OCH3 is 1. The summed E-state index contributed by atoms with van der Waals surface area (Å²) < 4.78 is 4.83. The van der Waals surface area contributed by atoms with Gasteiger partial charge in [0.25, 0.3) is 0 Å². The molecule has 0 aliphatic heterocycles. The van der Waals surface area contributed by atoms with E-state index in [0.717, 1.165) is 18.4 Å². The van der Waals surface area contributed by atoms with E-state index in [1.54, 1.807) is 0 Å². The average Bonchev–Trinajstić information content (AvgIpc) is 2.97. The van der Waals surface area contributed by atoms with Crippen LogP contribution in [0.5, 0.6) is 0 Å². The first kappa shape index (κ1) is 18.5. The highest BCUT2D eigenvalue weighted by Crippen LogP contribution is 2.37. The normalized spacial score (nSPS) is 17.5. The van der Waals surface area contributed by atoms with Gasteiger partial charge in [0.15, 0.2) is 0 Å².